The van der Waals surface area contributed by atoms with Crippen LogP contribution in [0.1, 0.15) is 33.1 Å². The molecule has 1 aromatic carbocycles. The second-order valence-corrected chi connectivity index (χ2v) is 7.92. The van der Waals surface area contributed by atoms with Crippen molar-refractivity contribution >= 4 is 21.6 Å². The molecule has 24 heavy (non-hydrogen) atoms. The van der Waals surface area contributed by atoms with Crippen molar-refractivity contribution in [1.82, 2.24) is 9.47 Å². The summed E-state index contributed by atoms with van der Waals surface area (Å²) < 4.78 is 8.90. The van der Waals surface area contributed by atoms with Crippen LogP contribution in [0, 0.1) is 5.92 Å². The highest BCUT2D eigenvalue weighted by Gasteiger charge is 2.21. The van der Waals surface area contributed by atoms with Crippen LogP contribution in [-0.4, -0.2) is 41.8 Å². The van der Waals surface area contributed by atoms with Crippen LogP contribution in [0.5, 0.6) is 0 Å². The lowest BCUT2D eigenvalue weighted by molar-refractivity contribution is 0.00502. The summed E-state index contributed by atoms with van der Waals surface area (Å²) in [5, 5.41) is 0. The predicted octanol–water partition coefficient (Wildman–Crippen LogP) is 3.59. The smallest absolute Gasteiger partial charge is 0.308 e. The number of nitrogens with zero attached hydrogens (tertiary/aromatic N) is 2. The quantitative estimate of drug-likeness (QED) is 0.767. The van der Waals surface area contributed by atoms with Crippen LogP contribution in [0.25, 0.3) is 10.2 Å². The lowest BCUT2D eigenvalue weighted by Crippen LogP contribution is -2.40. The summed E-state index contributed by atoms with van der Waals surface area (Å²) in [7, 11) is 0. The minimum Gasteiger partial charge on any atom is -0.378 e. The Kier molecular flexibility index (Phi) is 6.09. The van der Waals surface area contributed by atoms with Crippen LogP contribution in [-0.2, 0) is 11.3 Å². The van der Waals surface area contributed by atoms with Crippen molar-refractivity contribution in [1.29, 1.82) is 0 Å². The van der Waals surface area contributed by atoms with Gasteiger partial charge in [0, 0.05) is 32.8 Å². The third kappa shape index (κ3) is 4.26. The van der Waals surface area contributed by atoms with Gasteiger partial charge in [0.15, 0.2) is 0 Å². The van der Waals surface area contributed by atoms with Crippen molar-refractivity contribution in [2.24, 2.45) is 5.92 Å². The minimum absolute atomic E-state index is 0.162. The lowest BCUT2D eigenvalue weighted by Gasteiger charge is -2.33. The van der Waals surface area contributed by atoms with Gasteiger partial charge < -0.3 is 9.64 Å². The van der Waals surface area contributed by atoms with E-state index in [-0.39, 0.29) is 4.87 Å². The molecule has 1 atom stereocenters. The molecule has 132 valence electrons. The summed E-state index contributed by atoms with van der Waals surface area (Å²) in [6.45, 7) is 9.36. The first-order valence-electron chi connectivity index (χ1n) is 9.09. The van der Waals surface area contributed by atoms with Gasteiger partial charge in [0.25, 0.3) is 0 Å². The molecular formula is C19H28N2O2S. The van der Waals surface area contributed by atoms with Gasteiger partial charge in [0.05, 0.1) is 16.3 Å². The van der Waals surface area contributed by atoms with Gasteiger partial charge in [-0.3, -0.25) is 9.36 Å². The maximum absolute atomic E-state index is 12.3. The van der Waals surface area contributed by atoms with E-state index in [1.807, 2.05) is 22.8 Å². The zero-order valence-electron chi connectivity index (χ0n) is 14.7. The van der Waals surface area contributed by atoms with Crippen molar-refractivity contribution in [2.75, 3.05) is 26.2 Å². The Balaban J connectivity index is 1.53. The van der Waals surface area contributed by atoms with E-state index in [1.54, 1.807) is 0 Å². The summed E-state index contributed by atoms with van der Waals surface area (Å²) in [6.07, 6.45) is 3.81. The Hall–Kier alpha value is -1.17. The number of piperidine rings is 1. The lowest BCUT2D eigenvalue weighted by atomic mass is 10.1. The fraction of sp³-hybridized carbons (Fsp3) is 0.632. The fourth-order valence-electron chi connectivity index (χ4n) is 3.54. The van der Waals surface area contributed by atoms with E-state index in [9.17, 15) is 4.79 Å². The maximum Gasteiger partial charge on any atom is 0.308 e. The highest BCUT2D eigenvalue weighted by atomic mass is 32.1. The highest BCUT2D eigenvalue weighted by Crippen LogP contribution is 2.19. The molecule has 2 aromatic rings. The summed E-state index contributed by atoms with van der Waals surface area (Å²) in [5.74, 6) is 0.466. The van der Waals surface area contributed by atoms with Gasteiger partial charge in [-0.15, -0.1) is 0 Å². The number of ether oxygens (including phenoxy) is 1. The normalized spacial score (nSPS) is 18.2. The molecule has 0 amide bonds. The average Bonchev–Trinajstić information content (AvgIpc) is 2.90. The first kappa shape index (κ1) is 17.6. The van der Waals surface area contributed by atoms with Gasteiger partial charge in [-0.1, -0.05) is 37.3 Å². The zero-order chi connectivity index (χ0) is 16.9. The second-order valence-electron chi connectivity index (χ2n) is 6.92. The molecule has 1 unspecified atom stereocenters. The van der Waals surface area contributed by atoms with E-state index in [0.717, 1.165) is 62.3 Å². The maximum atomic E-state index is 12.3. The average molecular weight is 349 g/mol. The molecule has 1 aliphatic rings. The second kappa shape index (κ2) is 8.28. The molecule has 0 saturated carbocycles. The van der Waals surface area contributed by atoms with Crippen molar-refractivity contribution in [2.45, 2.75) is 45.8 Å². The van der Waals surface area contributed by atoms with E-state index in [2.05, 4.69) is 24.8 Å². The molecule has 0 radical (unpaired) electrons. The van der Waals surface area contributed by atoms with E-state index >= 15 is 0 Å². The Morgan fingerprint density at radius 3 is 2.75 bits per heavy atom. The van der Waals surface area contributed by atoms with Crippen molar-refractivity contribution in [3.05, 3.63) is 33.9 Å². The number of hydrogen-bond donors (Lipinski definition) is 0. The number of aromatic nitrogens is 1. The topological polar surface area (TPSA) is 34.5 Å². The zero-order valence-corrected chi connectivity index (χ0v) is 15.6. The Morgan fingerprint density at radius 1 is 1.25 bits per heavy atom. The molecule has 1 aromatic heterocycles. The first-order valence-corrected chi connectivity index (χ1v) is 9.91. The van der Waals surface area contributed by atoms with Crippen LogP contribution in [0.2, 0.25) is 0 Å². The molecule has 5 heteroatoms. The first-order chi connectivity index (χ1) is 11.7. The summed E-state index contributed by atoms with van der Waals surface area (Å²) >= 11 is 1.35. The van der Waals surface area contributed by atoms with Crippen molar-refractivity contribution in [3.8, 4) is 0 Å². The van der Waals surface area contributed by atoms with Crippen LogP contribution < -0.4 is 4.87 Å². The largest absolute Gasteiger partial charge is 0.378 e. The number of hydrogen-bond acceptors (Lipinski definition) is 4. The van der Waals surface area contributed by atoms with Gasteiger partial charge in [-0.25, -0.2) is 0 Å². The molecular weight excluding hydrogens is 320 g/mol. The molecule has 0 N–H and O–H groups in total. The molecule has 0 spiro atoms. The molecule has 1 saturated heterocycles. The number of rotatable bonds is 7. The van der Waals surface area contributed by atoms with Crippen molar-refractivity contribution in [3.63, 3.8) is 0 Å². The summed E-state index contributed by atoms with van der Waals surface area (Å²) in [4.78, 5) is 14.9. The minimum atomic E-state index is 0.162. The van der Waals surface area contributed by atoms with Gasteiger partial charge in [0.2, 0.25) is 0 Å². The molecule has 2 heterocycles. The van der Waals surface area contributed by atoms with Crippen LogP contribution in [0.15, 0.2) is 29.1 Å². The number of likely N-dealkylation sites (tertiary alicyclic amines) is 1. The molecule has 0 aliphatic carbocycles. The summed E-state index contributed by atoms with van der Waals surface area (Å²) in [6, 6.07) is 8.09. The highest BCUT2D eigenvalue weighted by molar-refractivity contribution is 7.16. The number of thiazole rings is 1. The Bertz CT molecular complexity index is 701. The van der Waals surface area contributed by atoms with E-state index < -0.39 is 0 Å². The standard InChI is InChI=1S/C19H28N2O2S/c1-3-12-23-16-8-10-20(11-9-16)13-15(2)14-21-17-6-4-5-7-18(17)24-19(21)22/h4-7,15-16H,3,8-14H2,1-2H3. The van der Waals surface area contributed by atoms with Crippen LogP contribution >= 0.6 is 11.3 Å². The molecule has 1 aliphatic heterocycles. The monoisotopic (exact) mass is 348 g/mol. The summed E-state index contributed by atoms with van der Waals surface area (Å²) in [5.41, 5.74) is 1.08. The molecule has 0 bridgehead atoms. The van der Waals surface area contributed by atoms with Gasteiger partial charge in [-0.05, 0) is 37.3 Å². The third-order valence-electron chi connectivity index (χ3n) is 4.73. The van der Waals surface area contributed by atoms with Crippen LogP contribution in [0.4, 0.5) is 0 Å². The van der Waals surface area contributed by atoms with E-state index in [0.29, 0.717) is 12.0 Å². The molecule has 1 fully saturated rings. The Labute approximate surface area is 148 Å². The SMILES string of the molecule is CCCOC1CCN(CC(C)Cn2c(=O)sc3ccccc32)CC1. The molecule has 3 rings (SSSR count). The third-order valence-corrected chi connectivity index (χ3v) is 5.69. The number of benzene rings is 1. The fourth-order valence-corrected chi connectivity index (χ4v) is 4.44. The van der Waals surface area contributed by atoms with Crippen molar-refractivity contribution < 1.29 is 4.74 Å². The van der Waals surface area contributed by atoms with E-state index in [1.165, 1.54) is 11.3 Å². The van der Waals surface area contributed by atoms with Gasteiger partial charge in [0.1, 0.15) is 0 Å². The van der Waals surface area contributed by atoms with Crippen LogP contribution in [0.3, 0.4) is 0 Å². The number of fused-ring (bicyclic) bond motifs is 1. The Morgan fingerprint density at radius 2 is 2.00 bits per heavy atom. The van der Waals surface area contributed by atoms with Gasteiger partial charge in [-0.2, -0.15) is 0 Å². The number of para-hydroxylation sites is 1. The van der Waals surface area contributed by atoms with E-state index in [4.69, 9.17) is 4.74 Å². The van der Waals surface area contributed by atoms with Gasteiger partial charge >= 0.3 is 4.87 Å². The predicted molar refractivity (Wildman–Crippen MR) is 101 cm³/mol. The molecule has 4 nitrogen and oxygen atoms in total.